The van der Waals surface area contributed by atoms with Crippen LogP contribution in [0, 0.1) is 0 Å². The zero-order valence-corrected chi connectivity index (χ0v) is 13.3. The second kappa shape index (κ2) is 7.87. The van der Waals surface area contributed by atoms with Gasteiger partial charge in [0.2, 0.25) is 0 Å². The van der Waals surface area contributed by atoms with Gasteiger partial charge in [-0.1, -0.05) is 13.8 Å². The Hall–Kier alpha value is 0.230. The highest BCUT2D eigenvalue weighted by Crippen LogP contribution is 2.38. The van der Waals surface area contributed by atoms with Gasteiger partial charge >= 0.3 is 0 Å². The molecule has 0 bridgehead atoms. The van der Waals surface area contributed by atoms with Crippen molar-refractivity contribution in [3.63, 3.8) is 0 Å². The van der Waals surface area contributed by atoms with Gasteiger partial charge in [-0.15, -0.1) is 0 Å². The summed E-state index contributed by atoms with van der Waals surface area (Å²) in [5.74, 6) is 2.51. The molecule has 0 saturated carbocycles. The maximum atomic E-state index is 6.09. The standard InChI is InChI=1S/C15H29NO2S/c1-13(2)16-7-3-8-17-14-4-9-18-15(12-14)5-10-19-11-6-15/h13-14,16H,3-12H2,1-2H3. The number of hydrogen-bond donors (Lipinski definition) is 1. The van der Waals surface area contributed by atoms with E-state index in [1.54, 1.807) is 0 Å². The summed E-state index contributed by atoms with van der Waals surface area (Å²) in [6.07, 6.45) is 6.16. The Morgan fingerprint density at radius 1 is 1.37 bits per heavy atom. The first-order valence-electron chi connectivity index (χ1n) is 7.77. The number of thioether (sulfide) groups is 1. The van der Waals surface area contributed by atoms with E-state index in [1.165, 1.54) is 24.3 Å². The van der Waals surface area contributed by atoms with Gasteiger partial charge in [0.1, 0.15) is 0 Å². The van der Waals surface area contributed by atoms with Crippen molar-refractivity contribution >= 4 is 11.8 Å². The fraction of sp³-hybridized carbons (Fsp3) is 1.00. The smallest absolute Gasteiger partial charge is 0.0723 e. The number of ether oxygens (including phenoxy) is 2. The van der Waals surface area contributed by atoms with Gasteiger partial charge in [0, 0.05) is 25.7 Å². The third kappa shape index (κ3) is 5.25. The minimum Gasteiger partial charge on any atom is -0.378 e. The van der Waals surface area contributed by atoms with Gasteiger partial charge in [-0.05, 0) is 43.7 Å². The van der Waals surface area contributed by atoms with Crippen molar-refractivity contribution in [1.82, 2.24) is 5.32 Å². The third-order valence-corrected chi connectivity index (χ3v) is 5.06. The summed E-state index contributed by atoms with van der Waals surface area (Å²) in [6.45, 7) is 7.20. The number of hydrogen-bond acceptors (Lipinski definition) is 4. The first-order chi connectivity index (χ1) is 9.20. The van der Waals surface area contributed by atoms with Crippen LogP contribution in [0.4, 0.5) is 0 Å². The second-order valence-corrected chi connectivity index (χ2v) is 7.32. The number of nitrogens with one attached hydrogen (secondary N) is 1. The molecule has 1 atom stereocenters. The first kappa shape index (κ1) is 15.6. The van der Waals surface area contributed by atoms with Gasteiger partial charge in [-0.3, -0.25) is 0 Å². The molecule has 112 valence electrons. The van der Waals surface area contributed by atoms with E-state index >= 15 is 0 Å². The summed E-state index contributed by atoms with van der Waals surface area (Å²) in [5.41, 5.74) is 0.157. The molecular weight excluding hydrogens is 258 g/mol. The molecule has 2 aliphatic heterocycles. The minimum absolute atomic E-state index is 0.157. The molecule has 2 heterocycles. The normalized spacial score (nSPS) is 27.0. The van der Waals surface area contributed by atoms with Crippen LogP contribution in [0.3, 0.4) is 0 Å². The Morgan fingerprint density at radius 2 is 2.16 bits per heavy atom. The molecule has 4 heteroatoms. The average Bonchev–Trinajstić information content (AvgIpc) is 2.39. The lowest BCUT2D eigenvalue weighted by atomic mass is 9.86. The summed E-state index contributed by atoms with van der Waals surface area (Å²) < 4.78 is 12.2. The maximum Gasteiger partial charge on any atom is 0.0723 e. The van der Waals surface area contributed by atoms with Crippen molar-refractivity contribution in [2.45, 2.75) is 63.7 Å². The van der Waals surface area contributed by atoms with Gasteiger partial charge in [0.05, 0.1) is 11.7 Å². The molecule has 0 aliphatic carbocycles. The van der Waals surface area contributed by atoms with Crippen molar-refractivity contribution in [2.75, 3.05) is 31.3 Å². The Labute approximate surface area is 122 Å². The van der Waals surface area contributed by atoms with E-state index < -0.39 is 0 Å². The fourth-order valence-electron chi connectivity index (χ4n) is 2.93. The lowest BCUT2D eigenvalue weighted by molar-refractivity contribution is -0.137. The Kier molecular flexibility index (Phi) is 6.46. The van der Waals surface area contributed by atoms with Crippen LogP contribution >= 0.6 is 11.8 Å². The predicted octanol–water partition coefficient (Wildman–Crippen LogP) is 2.84. The highest BCUT2D eigenvalue weighted by atomic mass is 32.2. The van der Waals surface area contributed by atoms with Crippen LogP contribution in [0.1, 0.15) is 46.0 Å². The number of rotatable bonds is 6. The quantitative estimate of drug-likeness (QED) is 0.761. The monoisotopic (exact) mass is 287 g/mol. The van der Waals surface area contributed by atoms with E-state index in [2.05, 4.69) is 30.9 Å². The molecule has 1 spiro atoms. The first-order valence-corrected chi connectivity index (χ1v) is 8.92. The van der Waals surface area contributed by atoms with E-state index in [9.17, 15) is 0 Å². The highest BCUT2D eigenvalue weighted by molar-refractivity contribution is 7.99. The molecule has 3 nitrogen and oxygen atoms in total. The molecule has 0 radical (unpaired) electrons. The lowest BCUT2D eigenvalue weighted by Crippen LogP contribution is -2.45. The van der Waals surface area contributed by atoms with E-state index in [0.29, 0.717) is 12.1 Å². The topological polar surface area (TPSA) is 30.5 Å². The van der Waals surface area contributed by atoms with Crippen LogP contribution in [0.2, 0.25) is 0 Å². The summed E-state index contributed by atoms with van der Waals surface area (Å²) >= 11 is 2.06. The van der Waals surface area contributed by atoms with Crippen molar-refractivity contribution in [1.29, 1.82) is 0 Å². The van der Waals surface area contributed by atoms with Crippen molar-refractivity contribution in [3.8, 4) is 0 Å². The van der Waals surface area contributed by atoms with E-state index in [1.807, 2.05) is 0 Å². The molecule has 2 rings (SSSR count). The van der Waals surface area contributed by atoms with Gasteiger partial charge in [0.25, 0.3) is 0 Å². The molecule has 0 aromatic carbocycles. The van der Waals surface area contributed by atoms with Crippen molar-refractivity contribution in [3.05, 3.63) is 0 Å². The van der Waals surface area contributed by atoms with Gasteiger partial charge in [-0.25, -0.2) is 0 Å². The molecule has 1 N–H and O–H groups in total. The Bertz CT molecular complexity index is 249. The molecule has 2 aliphatic rings. The van der Waals surface area contributed by atoms with Gasteiger partial charge in [0.15, 0.2) is 0 Å². The summed E-state index contributed by atoms with van der Waals surface area (Å²) in [4.78, 5) is 0. The molecule has 1 unspecified atom stereocenters. The maximum absolute atomic E-state index is 6.09. The average molecular weight is 287 g/mol. The highest BCUT2D eigenvalue weighted by Gasteiger charge is 2.38. The van der Waals surface area contributed by atoms with Gasteiger partial charge in [-0.2, -0.15) is 11.8 Å². The third-order valence-electron chi connectivity index (χ3n) is 4.08. The van der Waals surface area contributed by atoms with Crippen molar-refractivity contribution in [2.24, 2.45) is 0 Å². The van der Waals surface area contributed by atoms with Crippen LogP contribution < -0.4 is 5.32 Å². The molecule has 0 aromatic heterocycles. The van der Waals surface area contributed by atoms with Crippen LogP contribution in [-0.4, -0.2) is 49.0 Å². The molecule has 2 fully saturated rings. The zero-order chi connectivity index (χ0) is 13.6. The molecule has 0 aromatic rings. The van der Waals surface area contributed by atoms with E-state index in [-0.39, 0.29) is 5.60 Å². The Morgan fingerprint density at radius 3 is 2.89 bits per heavy atom. The van der Waals surface area contributed by atoms with Gasteiger partial charge < -0.3 is 14.8 Å². The fourth-order valence-corrected chi connectivity index (χ4v) is 4.17. The van der Waals surface area contributed by atoms with Crippen LogP contribution in [0.5, 0.6) is 0 Å². The van der Waals surface area contributed by atoms with E-state index in [4.69, 9.17) is 9.47 Å². The Balaban J connectivity index is 1.64. The summed E-state index contributed by atoms with van der Waals surface area (Å²) in [7, 11) is 0. The molecular formula is C15H29NO2S. The van der Waals surface area contributed by atoms with E-state index in [0.717, 1.165) is 39.0 Å². The summed E-state index contributed by atoms with van der Waals surface area (Å²) in [5, 5.41) is 3.43. The minimum atomic E-state index is 0.157. The lowest BCUT2D eigenvalue weighted by Gasteiger charge is -2.43. The van der Waals surface area contributed by atoms with Crippen molar-refractivity contribution < 1.29 is 9.47 Å². The second-order valence-electron chi connectivity index (χ2n) is 6.09. The molecule has 0 amide bonds. The largest absolute Gasteiger partial charge is 0.378 e. The predicted molar refractivity (Wildman–Crippen MR) is 82.0 cm³/mol. The summed E-state index contributed by atoms with van der Waals surface area (Å²) in [6, 6.07) is 0.575. The van der Waals surface area contributed by atoms with Crippen LogP contribution in [0.15, 0.2) is 0 Å². The van der Waals surface area contributed by atoms with Crippen LogP contribution in [-0.2, 0) is 9.47 Å². The SMILES string of the molecule is CC(C)NCCCOC1CCOC2(CCSCC2)C1. The van der Waals surface area contributed by atoms with Crippen LogP contribution in [0.25, 0.3) is 0 Å². The molecule has 19 heavy (non-hydrogen) atoms. The molecule has 2 saturated heterocycles. The zero-order valence-electron chi connectivity index (χ0n) is 12.5.